The Kier molecular flexibility index (Phi) is 4.52. The summed E-state index contributed by atoms with van der Waals surface area (Å²) in [4.78, 5) is 38.9. The minimum atomic E-state index is -0.448. The SMILES string of the molecule is CC1CCC2C(=O)N(c3ccc(OC(=O)c4ccccc4)cc3)C(=O)C2C1. The van der Waals surface area contributed by atoms with Crippen molar-refractivity contribution in [3.05, 3.63) is 60.2 Å². The number of benzene rings is 2. The van der Waals surface area contributed by atoms with Crippen LogP contribution in [0.2, 0.25) is 0 Å². The lowest BCUT2D eigenvalue weighted by atomic mass is 9.76. The van der Waals surface area contributed by atoms with Gasteiger partial charge in [0, 0.05) is 0 Å². The number of anilines is 1. The van der Waals surface area contributed by atoms with E-state index in [4.69, 9.17) is 4.74 Å². The Labute approximate surface area is 157 Å². The van der Waals surface area contributed by atoms with Crippen LogP contribution in [0.15, 0.2) is 54.6 Å². The van der Waals surface area contributed by atoms with Gasteiger partial charge >= 0.3 is 5.97 Å². The van der Waals surface area contributed by atoms with Crippen molar-refractivity contribution in [2.45, 2.75) is 26.2 Å². The molecule has 1 aliphatic heterocycles. The third kappa shape index (κ3) is 3.25. The lowest BCUT2D eigenvalue weighted by molar-refractivity contribution is -0.122. The molecule has 0 N–H and O–H groups in total. The molecule has 2 amide bonds. The highest BCUT2D eigenvalue weighted by atomic mass is 16.5. The number of amides is 2. The molecule has 2 aromatic rings. The van der Waals surface area contributed by atoms with E-state index < -0.39 is 5.97 Å². The molecule has 5 heteroatoms. The Morgan fingerprint density at radius 2 is 1.59 bits per heavy atom. The first-order valence-electron chi connectivity index (χ1n) is 9.29. The largest absolute Gasteiger partial charge is 0.423 e. The van der Waals surface area contributed by atoms with Gasteiger partial charge in [-0.1, -0.05) is 25.1 Å². The van der Waals surface area contributed by atoms with Gasteiger partial charge in [-0.25, -0.2) is 4.79 Å². The summed E-state index contributed by atoms with van der Waals surface area (Å²) in [5.41, 5.74) is 0.997. The van der Waals surface area contributed by atoms with E-state index in [1.807, 2.05) is 6.07 Å². The maximum atomic E-state index is 12.8. The predicted octanol–water partition coefficient (Wildman–Crippen LogP) is 3.83. The van der Waals surface area contributed by atoms with Crippen LogP contribution in [0.25, 0.3) is 0 Å². The van der Waals surface area contributed by atoms with Gasteiger partial charge in [0.15, 0.2) is 0 Å². The fourth-order valence-electron chi connectivity index (χ4n) is 4.05. The van der Waals surface area contributed by atoms with E-state index in [1.54, 1.807) is 48.5 Å². The van der Waals surface area contributed by atoms with Gasteiger partial charge < -0.3 is 4.74 Å². The van der Waals surface area contributed by atoms with E-state index in [0.717, 1.165) is 19.3 Å². The molecule has 0 bridgehead atoms. The maximum Gasteiger partial charge on any atom is 0.343 e. The zero-order chi connectivity index (χ0) is 19.0. The van der Waals surface area contributed by atoms with Crippen LogP contribution in [0.3, 0.4) is 0 Å². The molecule has 2 aromatic carbocycles. The van der Waals surface area contributed by atoms with Crippen molar-refractivity contribution in [1.29, 1.82) is 0 Å². The molecule has 1 saturated heterocycles. The number of hydrogen-bond donors (Lipinski definition) is 0. The first-order valence-corrected chi connectivity index (χ1v) is 9.29. The van der Waals surface area contributed by atoms with Crippen LogP contribution in [0, 0.1) is 17.8 Å². The second-order valence-electron chi connectivity index (χ2n) is 7.39. The van der Waals surface area contributed by atoms with Crippen molar-refractivity contribution in [3.8, 4) is 5.75 Å². The lowest BCUT2D eigenvalue weighted by Gasteiger charge is -2.25. The number of imide groups is 1. The summed E-state index contributed by atoms with van der Waals surface area (Å²) in [6, 6.07) is 15.3. The number of ether oxygens (including phenoxy) is 1. The topological polar surface area (TPSA) is 63.7 Å². The van der Waals surface area contributed by atoms with Gasteiger partial charge in [0.25, 0.3) is 0 Å². The second-order valence-corrected chi connectivity index (χ2v) is 7.39. The molecule has 2 aliphatic rings. The summed E-state index contributed by atoms with van der Waals surface area (Å²) in [5.74, 6) is -0.199. The Balaban J connectivity index is 1.50. The second kappa shape index (κ2) is 6.99. The van der Waals surface area contributed by atoms with Crippen LogP contribution < -0.4 is 9.64 Å². The molecular formula is C22H21NO4. The molecule has 1 aliphatic carbocycles. The Hall–Kier alpha value is -2.95. The minimum absolute atomic E-state index is 0.106. The highest BCUT2D eigenvalue weighted by molar-refractivity contribution is 6.22. The molecule has 3 atom stereocenters. The first kappa shape index (κ1) is 17.5. The van der Waals surface area contributed by atoms with Crippen LogP contribution >= 0.6 is 0 Å². The molecular weight excluding hydrogens is 342 g/mol. The van der Waals surface area contributed by atoms with Gasteiger partial charge in [-0.15, -0.1) is 0 Å². The fraction of sp³-hybridized carbons (Fsp3) is 0.318. The van der Waals surface area contributed by atoms with Crippen molar-refractivity contribution in [2.75, 3.05) is 4.90 Å². The normalized spacial score (nSPS) is 24.6. The van der Waals surface area contributed by atoms with E-state index in [1.165, 1.54) is 4.90 Å². The van der Waals surface area contributed by atoms with Gasteiger partial charge in [-0.2, -0.15) is 0 Å². The molecule has 3 unspecified atom stereocenters. The average Bonchev–Trinajstić information content (AvgIpc) is 2.93. The van der Waals surface area contributed by atoms with Crippen LogP contribution in [0.5, 0.6) is 5.75 Å². The Bertz CT molecular complexity index is 875. The third-order valence-electron chi connectivity index (χ3n) is 5.50. The van der Waals surface area contributed by atoms with Gasteiger partial charge in [0.2, 0.25) is 11.8 Å². The summed E-state index contributed by atoms with van der Waals surface area (Å²) in [6.45, 7) is 2.13. The van der Waals surface area contributed by atoms with E-state index in [0.29, 0.717) is 22.9 Å². The molecule has 0 spiro atoms. The quantitative estimate of drug-likeness (QED) is 0.472. The van der Waals surface area contributed by atoms with Gasteiger partial charge in [-0.3, -0.25) is 14.5 Å². The molecule has 138 valence electrons. The number of nitrogens with zero attached hydrogens (tertiary/aromatic N) is 1. The summed E-state index contributed by atoms with van der Waals surface area (Å²) < 4.78 is 5.35. The van der Waals surface area contributed by atoms with E-state index in [-0.39, 0.29) is 23.7 Å². The van der Waals surface area contributed by atoms with Crippen LogP contribution in [0.1, 0.15) is 36.5 Å². The number of fused-ring (bicyclic) bond motifs is 1. The summed E-state index contributed by atoms with van der Waals surface area (Å²) in [6.07, 6.45) is 2.54. The molecule has 0 aromatic heterocycles. The Morgan fingerprint density at radius 3 is 2.30 bits per heavy atom. The molecule has 4 rings (SSSR count). The summed E-state index contributed by atoms with van der Waals surface area (Å²) in [7, 11) is 0. The van der Waals surface area contributed by atoms with Crippen molar-refractivity contribution < 1.29 is 19.1 Å². The number of carbonyl (C=O) groups excluding carboxylic acids is 3. The maximum absolute atomic E-state index is 12.8. The number of hydrogen-bond acceptors (Lipinski definition) is 4. The minimum Gasteiger partial charge on any atom is -0.423 e. The van der Waals surface area contributed by atoms with Crippen LogP contribution in [-0.4, -0.2) is 17.8 Å². The third-order valence-corrected chi connectivity index (χ3v) is 5.50. The smallest absolute Gasteiger partial charge is 0.343 e. The van der Waals surface area contributed by atoms with Gasteiger partial charge in [0.1, 0.15) is 5.75 Å². The van der Waals surface area contributed by atoms with Crippen molar-refractivity contribution >= 4 is 23.5 Å². The van der Waals surface area contributed by atoms with Crippen LogP contribution in [0.4, 0.5) is 5.69 Å². The fourth-order valence-corrected chi connectivity index (χ4v) is 4.05. The summed E-state index contributed by atoms with van der Waals surface area (Å²) >= 11 is 0. The van der Waals surface area contributed by atoms with E-state index in [9.17, 15) is 14.4 Å². The molecule has 0 radical (unpaired) electrons. The molecule has 1 saturated carbocycles. The molecule has 5 nitrogen and oxygen atoms in total. The molecule has 2 fully saturated rings. The Morgan fingerprint density at radius 1 is 0.926 bits per heavy atom. The monoisotopic (exact) mass is 363 g/mol. The van der Waals surface area contributed by atoms with Crippen molar-refractivity contribution in [3.63, 3.8) is 0 Å². The number of esters is 1. The number of rotatable bonds is 3. The predicted molar refractivity (Wildman–Crippen MR) is 100 cm³/mol. The zero-order valence-corrected chi connectivity index (χ0v) is 15.1. The highest BCUT2D eigenvalue weighted by Gasteiger charge is 2.49. The van der Waals surface area contributed by atoms with E-state index >= 15 is 0 Å². The first-order chi connectivity index (χ1) is 13.0. The van der Waals surface area contributed by atoms with E-state index in [2.05, 4.69) is 6.92 Å². The average molecular weight is 363 g/mol. The molecule has 27 heavy (non-hydrogen) atoms. The standard InChI is InChI=1S/C22H21NO4/c1-14-7-12-18-19(13-14)21(25)23(20(18)24)16-8-10-17(11-9-16)27-22(26)15-5-3-2-4-6-15/h2-6,8-11,14,18-19H,7,12-13H2,1H3. The zero-order valence-electron chi connectivity index (χ0n) is 15.1. The van der Waals surface area contributed by atoms with Crippen molar-refractivity contribution in [1.82, 2.24) is 0 Å². The highest BCUT2D eigenvalue weighted by Crippen LogP contribution is 2.42. The van der Waals surface area contributed by atoms with Gasteiger partial charge in [-0.05, 0) is 61.6 Å². The summed E-state index contributed by atoms with van der Waals surface area (Å²) in [5, 5.41) is 0. The van der Waals surface area contributed by atoms with Crippen molar-refractivity contribution in [2.24, 2.45) is 17.8 Å². The van der Waals surface area contributed by atoms with Crippen LogP contribution in [-0.2, 0) is 9.59 Å². The number of carbonyl (C=O) groups is 3. The van der Waals surface area contributed by atoms with Gasteiger partial charge in [0.05, 0.1) is 23.1 Å². The lowest BCUT2D eigenvalue weighted by Crippen LogP contribution is -2.30. The molecule has 1 heterocycles.